The summed E-state index contributed by atoms with van der Waals surface area (Å²) >= 11 is 0. The van der Waals surface area contributed by atoms with E-state index < -0.39 is 0 Å². The molecule has 144 valence electrons. The van der Waals surface area contributed by atoms with Gasteiger partial charge in [-0.1, -0.05) is 97.1 Å². The van der Waals surface area contributed by atoms with Crippen molar-refractivity contribution < 1.29 is 5.11 Å². The van der Waals surface area contributed by atoms with E-state index in [1.54, 1.807) is 0 Å². The molecule has 1 nitrogen and oxygen atoms in total. The summed E-state index contributed by atoms with van der Waals surface area (Å²) in [7, 11) is 0. The molecular formula is C29H22O. The second-order valence-corrected chi connectivity index (χ2v) is 7.58. The Hall–Kier alpha value is -3.68. The molecule has 0 radical (unpaired) electrons. The summed E-state index contributed by atoms with van der Waals surface area (Å²) in [5.41, 5.74) is 5.57. The van der Waals surface area contributed by atoms with Gasteiger partial charge in [0.1, 0.15) is 0 Å². The van der Waals surface area contributed by atoms with Gasteiger partial charge in [-0.25, -0.2) is 0 Å². The molecule has 5 rings (SSSR count). The highest BCUT2D eigenvalue weighted by molar-refractivity contribution is 5.96. The Morgan fingerprint density at radius 2 is 1.13 bits per heavy atom. The fourth-order valence-electron chi connectivity index (χ4n) is 3.94. The van der Waals surface area contributed by atoms with E-state index in [4.69, 9.17) is 0 Å². The predicted octanol–water partition coefficient (Wildman–Crippen LogP) is 7.07. The fourth-order valence-corrected chi connectivity index (χ4v) is 3.94. The minimum absolute atomic E-state index is 0.0555. The lowest BCUT2D eigenvalue weighted by Crippen LogP contribution is -1.91. The Morgan fingerprint density at radius 1 is 0.567 bits per heavy atom. The van der Waals surface area contributed by atoms with E-state index in [0.717, 1.165) is 11.1 Å². The SMILES string of the molecule is OCc1ccc(/C(=C/c2ccc3ccccc3c2)c2ccc3ccccc3c2)cc1. The van der Waals surface area contributed by atoms with Crippen LogP contribution in [0.15, 0.2) is 109 Å². The molecule has 1 N–H and O–H groups in total. The van der Waals surface area contributed by atoms with Crippen LogP contribution in [-0.2, 0) is 6.61 Å². The smallest absolute Gasteiger partial charge is 0.0681 e. The summed E-state index contributed by atoms with van der Waals surface area (Å²) in [4.78, 5) is 0. The highest BCUT2D eigenvalue weighted by Crippen LogP contribution is 2.30. The van der Waals surface area contributed by atoms with E-state index in [0.29, 0.717) is 0 Å². The minimum Gasteiger partial charge on any atom is -0.392 e. The predicted molar refractivity (Wildman–Crippen MR) is 127 cm³/mol. The molecule has 0 aliphatic heterocycles. The van der Waals surface area contributed by atoms with Crippen molar-refractivity contribution in [2.24, 2.45) is 0 Å². The van der Waals surface area contributed by atoms with E-state index >= 15 is 0 Å². The van der Waals surface area contributed by atoms with Crippen LogP contribution in [-0.4, -0.2) is 5.11 Å². The molecule has 5 aromatic carbocycles. The van der Waals surface area contributed by atoms with Gasteiger partial charge in [0, 0.05) is 0 Å². The topological polar surface area (TPSA) is 20.2 Å². The Morgan fingerprint density at radius 3 is 1.80 bits per heavy atom. The summed E-state index contributed by atoms with van der Waals surface area (Å²) in [6.45, 7) is 0.0555. The molecule has 0 aliphatic carbocycles. The molecule has 0 aliphatic rings. The zero-order valence-electron chi connectivity index (χ0n) is 16.6. The van der Waals surface area contributed by atoms with Crippen molar-refractivity contribution in [2.75, 3.05) is 0 Å². The maximum absolute atomic E-state index is 9.42. The van der Waals surface area contributed by atoms with E-state index in [1.165, 1.54) is 38.2 Å². The first-order chi connectivity index (χ1) is 14.8. The third-order valence-electron chi connectivity index (χ3n) is 5.59. The number of benzene rings is 5. The van der Waals surface area contributed by atoms with Gasteiger partial charge in [-0.2, -0.15) is 0 Å². The van der Waals surface area contributed by atoms with Crippen molar-refractivity contribution in [2.45, 2.75) is 6.61 Å². The summed E-state index contributed by atoms with van der Waals surface area (Å²) in [5.74, 6) is 0. The first-order valence-electron chi connectivity index (χ1n) is 10.2. The molecule has 0 aromatic heterocycles. The monoisotopic (exact) mass is 386 g/mol. The van der Waals surface area contributed by atoms with E-state index in [9.17, 15) is 5.11 Å². The molecule has 0 amide bonds. The summed E-state index contributed by atoms with van der Waals surface area (Å²) < 4.78 is 0. The van der Waals surface area contributed by atoms with Gasteiger partial charge >= 0.3 is 0 Å². The van der Waals surface area contributed by atoms with Crippen molar-refractivity contribution in [1.29, 1.82) is 0 Å². The number of fused-ring (bicyclic) bond motifs is 2. The Balaban J connectivity index is 1.68. The van der Waals surface area contributed by atoms with E-state index in [1.807, 2.05) is 12.1 Å². The van der Waals surface area contributed by atoms with Crippen LogP contribution < -0.4 is 0 Å². The maximum Gasteiger partial charge on any atom is 0.0681 e. The van der Waals surface area contributed by atoms with Gasteiger partial charge < -0.3 is 5.11 Å². The second kappa shape index (κ2) is 7.98. The fraction of sp³-hybridized carbons (Fsp3) is 0.0345. The van der Waals surface area contributed by atoms with Gasteiger partial charge in [-0.15, -0.1) is 0 Å². The van der Waals surface area contributed by atoms with Crippen LogP contribution in [0.25, 0.3) is 33.2 Å². The largest absolute Gasteiger partial charge is 0.392 e. The summed E-state index contributed by atoms with van der Waals surface area (Å²) in [6, 6.07) is 38.3. The summed E-state index contributed by atoms with van der Waals surface area (Å²) in [5, 5.41) is 14.4. The lowest BCUT2D eigenvalue weighted by Gasteiger charge is -2.12. The Bertz CT molecular complexity index is 1360. The van der Waals surface area contributed by atoms with Crippen molar-refractivity contribution in [3.8, 4) is 0 Å². The van der Waals surface area contributed by atoms with Crippen LogP contribution in [0.2, 0.25) is 0 Å². The number of aliphatic hydroxyl groups is 1. The Labute approximate surface area is 176 Å². The third-order valence-corrected chi connectivity index (χ3v) is 5.59. The molecule has 0 fully saturated rings. The van der Waals surface area contributed by atoms with Crippen LogP contribution >= 0.6 is 0 Å². The van der Waals surface area contributed by atoms with Crippen LogP contribution in [0.1, 0.15) is 22.3 Å². The molecule has 0 spiro atoms. The highest BCUT2D eigenvalue weighted by Gasteiger charge is 2.08. The second-order valence-electron chi connectivity index (χ2n) is 7.58. The highest BCUT2D eigenvalue weighted by atomic mass is 16.3. The minimum atomic E-state index is 0.0555. The molecule has 0 unspecified atom stereocenters. The van der Waals surface area contributed by atoms with Gasteiger partial charge in [0.15, 0.2) is 0 Å². The van der Waals surface area contributed by atoms with Crippen molar-refractivity contribution in [3.05, 3.63) is 131 Å². The summed E-state index contributed by atoms with van der Waals surface area (Å²) in [6.07, 6.45) is 2.25. The maximum atomic E-state index is 9.42. The normalized spacial score (nSPS) is 11.8. The van der Waals surface area contributed by atoms with Gasteiger partial charge in [-0.3, -0.25) is 0 Å². The molecule has 0 saturated heterocycles. The third kappa shape index (κ3) is 3.63. The molecule has 0 bridgehead atoms. The first kappa shape index (κ1) is 18.4. The average Bonchev–Trinajstić information content (AvgIpc) is 2.82. The Kier molecular flexibility index (Phi) is 4.88. The zero-order chi connectivity index (χ0) is 20.3. The number of aliphatic hydroxyl groups excluding tert-OH is 1. The quantitative estimate of drug-likeness (QED) is 0.327. The molecule has 5 aromatic rings. The van der Waals surface area contributed by atoms with Crippen molar-refractivity contribution in [3.63, 3.8) is 0 Å². The molecule has 30 heavy (non-hydrogen) atoms. The lowest BCUT2D eigenvalue weighted by atomic mass is 9.93. The molecule has 0 heterocycles. The van der Waals surface area contributed by atoms with Crippen LogP contribution in [0.3, 0.4) is 0 Å². The standard InChI is InChI=1S/C29H22O/c30-20-21-9-13-25(14-10-21)29(28-16-15-24-6-2-4-8-27(24)19-28)18-22-11-12-23-5-1-3-7-26(23)17-22/h1-19,30H,20H2/b29-18-. The number of hydrogen-bond donors (Lipinski definition) is 1. The molecule has 0 atom stereocenters. The van der Waals surface area contributed by atoms with E-state index in [-0.39, 0.29) is 6.61 Å². The zero-order valence-corrected chi connectivity index (χ0v) is 16.6. The lowest BCUT2D eigenvalue weighted by molar-refractivity contribution is 0.282. The van der Waals surface area contributed by atoms with Gasteiger partial charge in [0.2, 0.25) is 0 Å². The van der Waals surface area contributed by atoms with Crippen LogP contribution in [0.4, 0.5) is 0 Å². The number of hydrogen-bond acceptors (Lipinski definition) is 1. The average molecular weight is 386 g/mol. The molecule has 1 heteroatoms. The van der Waals surface area contributed by atoms with Crippen molar-refractivity contribution >= 4 is 33.2 Å². The molecular weight excluding hydrogens is 364 g/mol. The van der Waals surface area contributed by atoms with Gasteiger partial charge in [-0.05, 0) is 67.6 Å². The van der Waals surface area contributed by atoms with Crippen LogP contribution in [0.5, 0.6) is 0 Å². The number of rotatable bonds is 4. The van der Waals surface area contributed by atoms with Crippen molar-refractivity contribution in [1.82, 2.24) is 0 Å². The van der Waals surface area contributed by atoms with E-state index in [2.05, 4.69) is 103 Å². The van der Waals surface area contributed by atoms with Crippen LogP contribution in [0, 0.1) is 0 Å². The first-order valence-corrected chi connectivity index (χ1v) is 10.2. The van der Waals surface area contributed by atoms with Gasteiger partial charge in [0.05, 0.1) is 6.61 Å². The molecule has 0 saturated carbocycles. The van der Waals surface area contributed by atoms with Gasteiger partial charge in [0.25, 0.3) is 0 Å².